The maximum absolute atomic E-state index is 12.9. The third-order valence-electron chi connectivity index (χ3n) is 4.48. The molecule has 138 valence electrons. The van der Waals surface area contributed by atoms with Crippen molar-refractivity contribution in [2.24, 2.45) is 0 Å². The number of aromatic amines is 1. The summed E-state index contributed by atoms with van der Waals surface area (Å²) in [6.45, 7) is 0. The molecule has 0 atom stereocenters. The molecular formula is C21H14ClN3O2S. The molecule has 28 heavy (non-hydrogen) atoms. The average Bonchev–Trinajstić information content (AvgIpc) is 3.15. The van der Waals surface area contributed by atoms with Crippen LogP contribution in [0, 0.1) is 11.3 Å². The van der Waals surface area contributed by atoms with Gasteiger partial charge in [-0.1, -0.05) is 54.1 Å². The van der Waals surface area contributed by atoms with Crippen molar-refractivity contribution in [3.63, 3.8) is 0 Å². The first-order valence-electron chi connectivity index (χ1n) is 8.42. The van der Waals surface area contributed by atoms with Crippen molar-refractivity contribution in [1.29, 1.82) is 5.26 Å². The lowest BCUT2D eigenvalue weighted by atomic mass is 10.00. The predicted molar refractivity (Wildman–Crippen MR) is 109 cm³/mol. The van der Waals surface area contributed by atoms with Crippen LogP contribution in [0.5, 0.6) is 0 Å². The lowest BCUT2D eigenvalue weighted by Gasteiger charge is -2.09. The predicted octanol–water partition coefficient (Wildman–Crippen LogP) is 4.73. The summed E-state index contributed by atoms with van der Waals surface area (Å²) in [5.41, 5.74) is 4.11. The monoisotopic (exact) mass is 407 g/mol. The molecule has 3 aromatic carbocycles. The van der Waals surface area contributed by atoms with Crippen LogP contribution in [0.3, 0.4) is 0 Å². The maximum atomic E-state index is 12.9. The largest absolute Gasteiger partial charge is 0.345 e. The molecule has 1 aromatic heterocycles. The van der Waals surface area contributed by atoms with E-state index < -0.39 is 9.84 Å². The third kappa shape index (κ3) is 3.38. The minimum absolute atomic E-state index is 0.0739. The van der Waals surface area contributed by atoms with E-state index in [0.717, 1.165) is 11.1 Å². The van der Waals surface area contributed by atoms with E-state index >= 15 is 0 Å². The number of hydrogen-bond donors (Lipinski definition) is 1. The van der Waals surface area contributed by atoms with E-state index in [1.807, 2.05) is 30.3 Å². The number of nitrogens with one attached hydrogen (secondary N) is 1. The number of halogens is 1. The van der Waals surface area contributed by atoms with Crippen molar-refractivity contribution in [3.8, 4) is 17.2 Å². The van der Waals surface area contributed by atoms with E-state index in [-0.39, 0.29) is 15.7 Å². The first-order chi connectivity index (χ1) is 13.5. The normalized spacial score (nSPS) is 11.4. The fourth-order valence-corrected chi connectivity index (χ4v) is 5.04. The first-order valence-corrected chi connectivity index (χ1v) is 10.4. The van der Waals surface area contributed by atoms with E-state index in [4.69, 9.17) is 11.6 Å². The highest BCUT2D eigenvalue weighted by Gasteiger charge is 2.20. The Kier molecular flexibility index (Phi) is 4.63. The second-order valence-electron chi connectivity index (χ2n) is 6.32. The van der Waals surface area contributed by atoms with Gasteiger partial charge in [0.2, 0.25) is 0 Å². The fourth-order valence-electron chi connectivity index (χ4n) is 3.09. The Morgan fingerprint density at radius 3 is 2.57 bits per heavy atom. The van der Waals surface area contributed by atoms with Crippen molar-refractivity contribution >= 4 is 32.5 Å². The van der Waals surface area contributed by atoms with Crippen molar-refractivity contribution < 1.29 is 8.42 Å². The highest BCUT2D eigenvalue weighted by atomic mass is 35.5. The minimum atomic E-state index is -3.64. The Bertz CT molecular complexity index is 1320. The molecule has 4 aromatic rings. The lowest BCUT2D eigenvalue weighted by Crippen LogP contribution is -2.06. The number of fused-ring (bicyclic) bond motifs is 1. The number of rotatable bonds is 4. The number of nitriles is 1. The molecule has 0 spiro atoms. The summed E-state index contributed by atoms with van der Waals surface area (Å²) in [5, 5.41) is 9.40. The Morgan fingerprint density at radius 1 is 1.07 bits per heavy atom. The van der Waals surface area contributed by atoms with Crippen molar-refractivity contribution in [2.45, 2.75) is 10.6 Å². The lowest BCUT2D eigenvalue weighted by molar-refractivity contribution is 0.595. The van der Waals surface area contributed by atoms with Crippen LogP contribution >= 0.6 is 11.6 Å². The van der Waals surface area contributed by atoms with Gasteiger partial charge in [0.1, 0.15) is 0 Å². The SMILES string of the molecule is N#Cc1ccccc1-c1ccc(CS(=O)(=O)c2cc3[nH]cnc3cc2Cl)cc1. The Labute approximate surface area is 167 Å². The topological polar surface area (TPSA) is 86.6 Å². The van der Waals surface area contributed by atoms with Crippen LogP contribution < -0.4 is 0 Å². The minimum Gasteiger partial charge on any atom is -0.345 e. The van der Waals surface area contributed by atoms with E-state index in [9.17, 15) is 13.7 Å². The van der Waals surface area contributed by atoms with E-state index in [2.05, 4.69) is 16.0 Å². The van der Waals surface area contributed by atoms with Crippen LogP contribution in [0.1, 0.15) is 11.1 Å². The zero-order chi connectivity index (χ0) is 19.7. The number of H-pyrrole nitrogens is 1. The molecule has 0 saturated heterocycles. The summed E-state index contributed by atoms with van der Waals surface area (Å²) < 4.78 is 25.8. The molecule has 4 rings (SSSR count). The molecule has 5 nitrogen and oxygen atoms in total. The van der Waals surface area contributed by atoms with Crippen LogP contribution in [-0.2, 0) is 15.6 Å². The van der Waals surface area contributed by atoms with Gasteiger partial charge in [-0.15, -0.1) is 0 Å². The molecule has 0 aliphatic heterocycles. The Balaban J connectivity index is 1.65. The van der Waals surface area contributed by atoms with Gasteiger partial charge >= 0.3 is 0 Å². The molecule has 0 radical (unpaired) electrons. The molecule has 0 aliphatic rings. The average molecular weight is 408 g/mol. The van der Waals surface area contributed by atoms with E-state index in [1.165, 1.54) is 12.4 Å². The summed E-state index contributed by atoms with van der Waals surface area (Å²) in [4.78, 5) is 7.05. The highest BCUT2D eigenvalue weighted by Crippen LogP contribution is 2.29. The van der Waals surface area contributed by atoms with Crippen LogP contribution in [0.15, 0.2) is 71.9 Å². The van der Waals surface area contributed by atoms with Crippen LogP contribution in [0.25, 0.3) is 22.2 Å². The molecule has 0 unspecified atom stereocenters. The number of nitrogens with zero attached hydrogens (tertiary/aromatic N) is 2. The quantitative estimate of drug-likeness (QED) is 0.529. The molecule has 1 heterocycles. The number of hydrogen-bond acceptors (Lipinski definition) is 4. The number of benzene rings is 3. The molecule has 0 bridgehead atoms. The summed E-state index contributed by atoms with van der Waals surface area (Å²) >= 11 is 6.19. The molecule has 0 amide bonds. The van der Waals surface area contributed by atoms with Gasteiger partial charge in [0.05, 0.1) is 44.7 Å². The van der Waals surface area contributed by atoms with Crippen molar-refractivity contribution in [3.05, 3.63) is 83.1 Å². The zero-order valence-electron chi connectivity index (χ0n) is 14.6. The van der Waals surface area contributed by atoms with Crippen molar-refractivity contribution in [1.82, 2.24) is 9.97 Å². The molecule has 1 N–H and O–H groups in total. The molecular weight excluding hydrogens is 394 g/mol. The highest BCUT2D eigenvalue weighted by molar-refractivity contribution is 7.90. The van der Waals surface area contributed by atoms with Gasteiger partial charge in [0.15, 0.2) is 9.84 Å². The number of aromatic nitrogens is 2. The van der Waals surface area contributed by atoms with Gasteiger partial charge in [-0.25, -0.2) is 13.4 Å². The maximum Gasteiger partial charge on any atom is 0.184 e. The first kappa shape index (κ1) is 18.2. The third-order valence-corrected chi connectivity index (χ3v) is 6.62. The summed E-state index contributed by atoms with van der Waals surface area (Å²) in [7, 11) is -3.64. The van der Waals surface area contributed by atoms with Gasteiger partial charge in [-0.2, -0.15) is 5.26 Å². The second-order valence-corrected chi connectivity index (χ2v) is 8.68. The van der Waals surface area contributed by atoms with Gasteiger partial charge in [0.25, 0.3) is 0 Å². The summed E-state index contributed by atoms with van der Waals surface area (Å²) in [6.07, 6.45) is 1.50. The molecule has 0 fully saturated rings. The number of imidazole rings is 1. The van der Waals surface area contributed by atoms with Crippen LogP contribution in [0.4, 0.5) is 0 Å². The Morgan fingerprint density at radius 2 is 1.82 bits per heavy atom. The summed E-state index contributed by atoms with van der Waals surface area (Å²) in [6, 6.07) is 19.7. The fraction of sp³-hybridized carbons (Fsp3) is 0.0476. The molecule has 0 aliphatic carbocycles. The standard InChI is InChI=1S/C21H14ClN3O2S/c22-18-9-19-20(25-13-24-19)10-21(18)28(26,27)12-14-5-7-15(8-6-14)17-4-2-1-3-16(17)11-23/h1-10,13H,12H2,(H,24,25). The van der Waals surface area contributed by atoms with Crippen LogP contribution in [0.2, 0.25) is 5.02 Å². The van der Waals surface area contributed by atoms with E-state index in [1.54, 1.807) is 24.3 Å². The van der Waals surface area contributed by atoms with Gasteiger partial charge in [-0.05, 0) is 34.9 Å². The smallest absolute Gasteiger partial charge is 0.184 e. The van der Waals surface area contributed by atoms with Gasteiger partial charge in [0, 0.05) is 0 Å². The zero-order valence-corrected chi connectivity index (χ0v) is 16.1. The van der Waals surface area contributed by atoms with Crippen molar-refractivity contribution in [2.75, 3.05) is 0 Å². The van der Waals surface area contributed by atoms with Gasteiger partial charge < -0.3 is 4.98 Å². The molecule has 0 saturated carbocycles. The number of sulfone groups is 1. The van der Waals surface area contributed by atoms with E-state index in [0.29, 0.717) is 22.2 Å². The Hall–Kier alpha value is -3.14. The molecule has 7 heteroatoms. The van der Waals surface area contributed by atoms with Crippen LogP contribution in [-0.4, -0.2) is 18.4 Å². The summed E-state index contributed by atoms with van der Waals surface area (Å²) in [5.74, 6) is -0.174. The second kappa shape index (κ2) is 7.12. The van der Waals surface area contributed by atoms with Gasteiger partial charge in [-0.3, -0.25) is 0 Å².